The Hall–Kier alpha value is -7.01. The molecule has 0 fully saturated rings. The van der Waals surface area contributed by atoms with Gasteiger partial charge in [-0.1, -0.05) is 141 Å². The molecule has 0 radical (unpaired) electrons. The highest BCUT2D eigenvalue weighted by atomic mass is 32.1. The zero-order valence-electron chi connectivity index (χ0n) is 36.3. The van der Waals surface area contributed by atoms with Crippen LogP contribution in [0.3, 0.4) is 0 Å². The van der Waals surface area contributed by atoms with E-state index in [1.54, 1.807) is 0 Å². The second-order valence-electron chi connectivity index (χ2n) is 18.1. The monoisotopic (exact) mass is 843 g/mol. The Morgan fingerprint density at radius 3 is 2.03 bits per heavy atom. The van der Waals surface area contributed by atoms with Crippen LogP contribution in [0.5, 0.6) is 0 Å². The minimum atomic E-state index is -0.0355. The van der Waals surface area contributed by atoms with Crippen LogP contribution >= 0.6 is 11.3 Å². The Morgan fingerprint density at radius 2 is 1.27 bits per heavy atom. The summed E-state index contributed by atoms with van der Waals surface area (Å²) in [6.07, 6.45) is 18.3. The molecule has 310 valence electrons. The molecule has 4 aliphatic carbocycles. The van der Waals surface area contributed by atoms with Crippen molar-refractivity contribution in [2.45, 2.75) is 50.9 Å². The van der Waals surface area contributed by atoms with Gasteiger partial charge in [-0.05, 0) is 149 Å². The smallest absolute Gasteiger partial charge is 0.145 e. The van der Waals surface area contributed by atoms with Crippen LogP contribution in [-0.2, 0) is 11.8 Å². The molecular weight excluding hydrogens is 795 g/mol. The van der Waals surface area contributed by atoms with Gasteiger partial charge in [0.2, 0.25) is 0 Å². The topological polar surface area (TPSA) is 21.1 Å². The van der Waals surface area contributed by atoms with Gasteiger partial charge < -0.3 is 4.90 Å². The van der Waals surface area contributed by atoms with Crippen molar-refractivity contribution < 1.29 is 0 Å². The average Bonchev–Trinajstić information content (AvgIpc) is 4.07. The maximum atomic E-state index is 5.25. The van der Waals surface area contributed by atoms with Crippen molar-refractivity contribution >= 4 is 28.8 Å². The Bertz CT molecular complexity index is 3180. The molecule has 64 heavy (non-hydrogen) atoms. The zero-order valence-corrected chi connectivity index (χ0v) is 37.1. The van der Waals surface area contributed by atoms with E-state index in [0.29, 0.717) is 5.92 Å². The lowest BCUT2D eigenvalue weighted by Gasteiger charge is -2.38. The van der Waals surface area contributed by atoms with E-state index in [1.165, 1.54) is 65.7 Å². The number of aromatic nitrogens is 2. The van der Waals surface area contributed by atoms with E-state index >= 15 is 0 Å². The van der Waals surface area contributed by atoms with Gasteiger partial charge in [0.1, 0.15) is 5.82 Å². The van der Waals surface area contributed by atoms with E-state index < -0.39 is 0 Å². The van der Waals surface area contributed by atoms with Gasteiger partial charge in [-0.25, -0.2) is 4.98 Å². The Kier molecular flexibility index (Phi) is 9.45. The number of fused-ring (bicyclic) bond motifs is 5. The summed E-state index contributed by atoms with van der Waals surface area (Å²) in [5, 5.41) is 0. The number of thiophene rings is 1. The molecule has 3 nitrogen and oxygen atoms in total. The predicted molar refractivity (Wildman–Crippen MR) is 268 cm³/mol. The van der Waals surface area contributed by atoms with E-state index in [9.17, 15) is 0 Å². The van der Waals surface area contributed by atoms with Gasteiger partial charge in [0.05, 0.1) is 11.4 Å². The van der Waals surface area contributed by atoms with Crippen LogP contribution in [0.2, 0.25) is 0 Å². The molecule has 0 bridgehead atoms. The Morgan fingerprint density at radius 1 is 0.609 bits per heavy atom. The number of benzene rings is 6. The Balaban J connectivity index is 0.946. The minimum absolute atomic E-state index is 0.0355. The summed E-state index contributed by atoms with van der Waals surface area (Å²) in [5.41, 5.74) is 19.0. The molecule has 12 rings (SSSR count). The van der Waals surface area contributed by atoms with Gasteiger partial charge in [-0.2, -0.15) is 0 Å². The normalized spacial score (nSPS) is 17.8. The summed E-state index contributed by atoms with van der Waals surface area (Å²) in [4.78, 5) is 10.3. The average molecular weight is 844 g/mol. The maximum Gasteiger partial charge on any atom is 0.145 e. The van der Waals surface area contributed by atoms with Crippen LogP contribution in [0.1, 0.15) is 67.1 Å². The number of allylic oxidation sites excluding steroid dienone is 6. The van der Waals surface area contributed by atoms with E-state index in [4.69, 9.17) is 4.98 Å². The molecule has 0 saturated heterocycles. The van der Waals surface area contributed by atoms with Gasteiger partial charge in [-0.15, -0.1) is 11.3 Å². The van der Waals surface area contributed by atoms with Gasteiger partial charge >= 0.3 is 0 Å². The highest BCUT2D eigenvalue weighted by Crippen LogP contribution is 2.52. The first kappa shape index (κ1) is 38.6. The van der Waals surface area contributed by atoms with Crippen LogP contribution in [0, 0.1) is 5.92 Å². The zero-order chi connectivity index (χ0) is 42.8. The fourth-order valence-electron chi connectivity index (χ4n) is 10.8. The molecule has 2 unspecified atom stereocenters. The van der Waals surface area contributed by atoms with Crippen LogP contribution < -0.4 is 4.90 Å². The number of anilines is 2. The van der Waals surface area contributed by atoms with Crippen molar-refractivity contribution in [2.24, 2.45) is 5.92 Å². The van der Waals surface area contributed by atoms with Crippen molar-refractivity contribution in [1.82, 2.24) is 9.55 Å². The molecule has 8 aromatic rings. The van der Waals surface area contributed by atoms with Gasteiger partial charge in [0.15, 0.2) is 0 Å². The molecule has 0 saturated carbocycles. The third kappa shape index (κ3) is 6.50. The van der Waals surface area contributed by atoms with Crippen LogP contribution in [0.15, 0.2) is 205 Å². The maximum absolute atomic E-state index is 5.25. The standard InChI is InChI=1S/C60H49N3S/c1-60(2)52-22-12-11-20-49(52)50-34-29-43(39-53(50)60)47-35-36-55(51-21-10-9-19-48(47)51)62(45-30-25-41(26-31-45)58-38-37-57(64-58)40-15-5-3-6-16-40)46-32-27-42(28-33-46)59-61-54-23-13-14-24-56(54)63(59)44-17-7-4-8-18-44/h3-8,10-13,15-18,20-23,25-39,47-48H,9,14,19,24H2,1-2H3. The molecule has 4 heteroatoms. The summed E-state index contributed by atoms with van der Waals surface area (Å²) in [7, 11) is 0. The molecule has 0 aliphatic heterocycles. The first-order chi connectivity index (χ1) is 31.5. The molecule has 2 heterocycles. The number of nitrogens with zero attached hydrogens (tertiary/aromatic N) is 3. The summed E-state index contributed by atoms with van der Waals surface area (Å²) in [5.74, 6) is 1.63. The number of hydrogen-bond donors (Lipinski definition) is 0. The molecule has 0 N–H and O–H groups in total. The lowest BCUT2D eigenvalue weighted by atomic mass is 9.71. The van der Waals surface area contributed by atoms with E-state index in [2.05, 4.69) is 224 Å². The number of imidazole rings is 1. The predicted octanol–water partition coefficient (Wildman–Crippen LogP) is 15.9. The first-order valence-electron chi connectivity index (χ1n) is 22.8. The lowest BCUT2D eigenvalue weighted by molar-refractivity contribution is 0.500. The highest BCUT2D eigenvalue weighted by molar-refractivity contribution is 7.18. The van der Waals surface area contributed by atoms with Crippen molar-refractivity contribution in [3.05, 3.63) is 234 Å². The number of hydrogen-bond acceptors (Lipinski definition) is 3. The van der Waals surface area contributed by atoms with E-state index in [1.807, 2.05) is 11.3 Å². The third-order valence-corrected chi connectivity index (χ3v) is 15.2. The second-order valence-corrected chi connectivity index (χ2v) is 19.2. The molecule has 0 amide bonds. The Labute approximate surface area is 380 Å². The molecule has 6 aromatic carbocycles. The van der Waals surface area contributed by atoms with Gasteiger partial charge in [0.25, 0.3) is 0 Å². The van der Waals surface area contributed by atoms with E-state index in [0.717, 1.165) is 59.8 Å². The van der Waals surface area contributed by atoms with Crippen molar-refractivity contribution in [2.75, 3.05) is 4.90 Å². The molecule has 2 aromatic heterocycles. The molecule has 2 atom stereocenters. The third-order valence-electron chi connectivity index (χ3n) is 14.1. The second kappa shape index (κ2) is 15.7. The van der Waals surface area contributed by atoms with E-state index in [-0.39, 0.29) is 11.3 Å². The van der Waals surface area contributed by atoms with Crippen molar-refractivity contribution in [3.63, 3.8) is 0 Å². The minimum Gasteiger partial charge on any atom is -0.310 e. The quantitative estimate of drug-likeness (QED) is 0.152. The van der Waals surface area contributed by atoms with Crippen molar-refractivity contribution in [3.8, 4) is 49.1 Å². The van der Waals surface area contributed by atoms with Crippen molar-refractivity contribution in [1.29, 1.82) is 0 Å². The summed E-state index contributed by atoms with van der Waals surface area (Å²) >= 11 is 1.85. The lowest BCUT2D eigenvalue weighted by Crippen LogP contribution is -2.26. The molecular formula is C60H49N3S. The van der Waals surface area contributed by atoms with Gasteiger partial charge in [-0.3, -0.25) is 4.57 Å². The van der Waals surface area contributed by atoms with Crippen LogP contribution in [-0.4, -0.2) is 9.55 Å². The summed E-state index contributed by atoms with van der Waals surface area (Å²) in [6.45, 7) is 4.78. The summed E-state index contributed by atoms with van der Waals surface area (Å²) in [6, 6.07) is 60.5. The first-order valence-corrected chi connectivity index (χ1v) is 23.6. The largest absolute Gasteiger partial charge is 0.310 e. The highest BCUT2D eigenvalue weighted by Gasteiger charge is 2.38. The SMILES string of the molecule is CC1(C)c2ccccc2-c2ccc(C3C=CC(N(c4ccc(-c5ccc(-c6ccccc6)s5)cc4)c4ccc(-c5nc6c(n5-c5ccccc5)CCC=C6)cc4)=C4C=CCCC43)cc21. The van der Waals surface area contributed by atoms with Crippen LogP contribution in [0.25, 0.3) is 55.2 Å². The fraction of sp³-hybridized carbons (Fsp3) is 0.150. The summed E-state index contributed by atoms with van der Waals surface area (Å²) < 4.78 is 2.36. The fourth-order valence-corrected chi connectivity index (χ4v) is 11.9. The number of rotatable bonds is 8. The number of para-hydroxylation sites is 1. The molecule has 4 aliphatic rings. The van der Waals surface area contributed by atoms with Crippen LogP contribution in [0.4, 0.5) is 11.4 Å². The molecule has 0 spiro atoms. The van der Waals surface area contributed by atoms with Gasteiger partial charge in [0, 0.05) is 49.4 Å².